The lowest BCUT2D eigenvalue weighted by atomic mass is 9.99. The van der Waals surface area contributed by atoms with Crippen molar-refractivity contribution in [3.63, 3.8) is 0 Å². The number of nitrogens with zero attached hydrogens (tertiary/aromatic N) is 6. The molecule has 0 unspecified atom stereocenters. The van der Waals surface area contributed by atoms with Crippen LogP contribution in [0.15, 0.2) is 48.8 Å². The number of carbonyl (C=O) groups excluding carboxylic acids is 1. The predicted octanol–water partition coefficient (Wildman–Crippen LogP) is 2.47. The highest BCUT2D eigenvalue weighted by Crippen LogP contribution is 2.32. The third-order valence-electron chi connectivity index (χ3n) is 4.95. The van der Waals surface area contributed by atoms with Crippen molar-refractivity contribution in [3.05, 3.63) is 54.6 Å². The molecule has 0 fully saturated rings. The lowest BCUT2D eigenvalue weighted by molar-refractivity contribution is -0.136. The maximum atomic E-state index is 12.9. The Morgan fingerprint density at radius 3 is 2.60 bits per heavy atom. The Morgan fingerprint density at radius 2 is 1.97 bits per heavy atom. The lowest BCUT2D eigenvalue weighted by Crippen LogP contribution is -2.44. The van der Waals surface area contributed by atoms with Gasteiger partial charge in [-0.2, -0.15) is 10.2 Å². The van der Waals surface area contributed by atoms with Crippen LogP contribution in [0, 0.1) is 5.92 Å². The molecule has 0 radical (unpaired) electrons. The fraction of sp³-hybridized carbons (Fsp3) is 0.381. The maximum Gasteiger partial charge on any atom is 0.290 e. The van der Waals surface area contributed by atoms with Crippen molar-refractivity contribution in [1.82, 2.24) is 29.4 Å². The third-order valence-corrected chi connectivity index (χ3v) is 4.95. The minimum Gasteiger partial charge on any atom is -0.483 e. The van der Waals surface area contributed by atoms with E-state index in [0.29, 0.717) is 26.1 Å². The first-order valence-corrected chi connectivity index (χ1v) is 9.90. The highest BCUT2D eigenvalue weighted by Gasteiger charge is 2.35. The predicted molar refractivity (Wildman–Crippen MR) is 110 cm³/mol. The van der Waals surface area contributed by atoms with Crippen LogP contribution < -0.4 is 0 Å². The van der Waals surface area contributed by atoms with Crippen LogP contribution in [0.2, 0.25) is 0 Å². The van der Waals surface area contributed by atoms with Gasteiger partial charge in [-0.05, 0) is 12.0 Å². The second kappa shape index (κ2) is 9.82. The summed E-state index contributed by atoms with van der Waals surface area (Å²) < 4.78 is 3.76. The number of hydrogen-bond acceptors (Lipinski definition) is 5. The fourth-order valence-electron chi connectivity index (χ4n) is 3.65. The summed E-state index contributed by atoms with van der Waals surface area (Å²) in [6, 6.07) is 11.8. The number of carbonyl (C=O) groups is 2. The summed E-state index contributed by atoms with van der Waals surface area (Å²) in [5, 5.41) is 15.8. The molecule has 1 N–H and O–H groups in total. The van der Waals surface area contributed by atoms with Crippen LogP contribution in [-0.2, 0) is 22.7 Å². The SMILES string of the molecule is CC(C)[C@H]1c2nc(-c3ccccc3)nn2CCN1C(=O)CCn1cccn1.O=CO. The second-order valence-corrected chi connectivity index (χ2v) is 7.28. The van der Waals surface area contributed by atoms with Crippen molar-refractivity contribution in [2.45, 2.75) is 39.4 Å². The van der Waals surface area contributed by atoms with E-state index >= 15 is 0 Å². The van der Waals surface area contributed by atoms with Crippen LogP contribution in [0.25, 0.3) is 11.4 Å². The molecule has 1 amide bonds. The number of fused-ring (bicyclic) bond motifs is 1. The van der Waals surface area contributed by atoms with Crippen molar-refractivity contribution in [2.75, 3.05) is 6.54 Å². The zero-order valence-electron chi connectivity index (χ0n) is 17.1. The van der Waals surface area contributed by atoms with Crippen LogP contribution in [0.1, 0.15) is 32.1 Å². The van der Waals surface area contributed by atoms with E-state index in [1.54, 1.807) is 10.9 Å². The summed E-state index contributed by atoms with van der Waals surface area (Å²) in [5.41, 5.74) is 0.999. The molecule has 0 spiro atoms. The quantitative estimate of drug-likeness (QED) is 0.648. The molecule has 1 atom stereocenters. The van der Waals surface area contributed by atoms with Gasteiger partial charge in [0.25, 0.3) is 6.47 Å². The molecule has 30 heavy (non-hydrogen) atoms. The third kappa shape index (κ3) is 4.73. The summed E-state index contributed by atoms with van der Waals surface area (Å²) in [7, 11) is 0. The molecule has 1 aliphatic rings. The van der Waals surface area contributed by atoms with E-state index in [0.717, 1.165) is 17.2 Å². The Bertz CT molecular complexity index is 953. The van der Waals surface area contributed by atoms with Crippen LogP contribution >= 0.6 is 0 Å². The number of aryl methyl sites for hydroxylation is 1. The smallest absolute Gasteiger partial charge is 0.290 e. The molecule has 4 rings (SSSR count). The lowest BCUT2D eigenvalue weighted by Gasteiger charge is -2.37. The molecule has 9 heteroatoms. The van der Waals surface area contributed by atoms with Gasteiger partial charge < -0.3 is 10.0 Å². The van der Waals surface area contributed by atoms with Crippen LogP contribution in [0.5, 0.6) is 0 Å². The Kier molecular flexibility index (Phi) is 6.95. The van der Waals surface area contributed by atoms with E-state index in [1.165, 1.54) is 0 Å². The van der Waals surface area contributed by atoms with E-state index in [-0.39, 0.29) is 24.3 Å². The maximum absolute atomic E-state index is 12.9. The first-order valence-electron chi connectivity index (χ1n) is 9.90. The molecule has 0 saturated heterocycles. The zero-order chi connectivity index (χ0) is 21.5. The highest BCUT2D eigenvalue weighted by atomic mass is 16.3. The van der Waals surface area contributed by atoms with Crippen LogP contribution in [-0.4, -0.2) is 53.5 Å². The van der Waals surface area contributed by atoms with E-state index < -0.39 is 0 Å². The fourth-order valence-corrected chi connectivity index (χ4v) is 3.65. The molecular formula is C21H26N6O3. The van der Waals surface area contributed by atoms with Crippen molar-refractivity contribution >= 4 is 12.4 Å². The van der Waals surface area contributed by atoms with Gasteiger partial charge in [0.1, 0.15) is 0 Å². The van der Waals surface area contributed by atoms with Crippen molar-refractivity contribution in [2.24, 2.45) is 5.92 Å². The number of carboxylic acid groups (broad SMARTS) is 1. The van der Waals surface area contributed by atoms with Gasteiger partial charge in [0.05, 0.1) is 12.6 Å². The van der Waals surface area contributed by atoms with Crippen molar-refractivity contribution in [1.29, 1.82) is 0 Å². The molecule has 1 aliphatic heterocycles. The molecule has 0 saturated carbocycles. The van der Waals surface area contributed by atoms with E-state index in [1.807, 2.05) is 52.2 Å². The first kappa shape index (κ1) is 21.2. The second-order valence-electron chi connectivity index (χ2n) is 7.28. The summed E-state index contributed by atoms with van der Waals surface area (Å²) in [6.45, 7) is 5.93. The molecule has 9 nitrogen and oxygen atoms in total. The number of rotatable bonds is 5. The molecule has 0 bridgehead atoms. The van der Waals surface area contributed by atoms with Gasteiger partial charge in [-0.1, -0.05) is 44.2 Å². The van der Waals surface area contributed by atoms with Gasteiger partial charge in [0, 0.05) is 37.5 Å². The summed E-state index contributed by atoms with van der Waals surface area (Å²) in [5.74, 6) is 2.00. The highest BCUT2D eigenvalue weighted by molar-refractivity contribution is 5.76. The van der Waals surface area contributed by atoms with Crippen molar-refractivity contribution in [3.8, 4) is 11.4 Å². The molecule has 3 heterocycles. The normalized spacial score (nSPS) is 15.3. The molecular weight excluding hydrogens is 384 g/mol. The first-order chi connectivity index (χ1) is 14.5. The molecule has 3 aromatic rings. The molecule has 158 valence electrons. The number of aromatic nitrogens is 5. The van der Waals surface area contributed by atoms with Gasteiger partial charge >= 0.3 is 0 Å². The zero-order valence-corrected chi connectivity index (χ0v) is 17.1. The Labute approximate surface area is 175 Å². The van der Waals surface area contributed by atoms with E-state index in [2.05, 4.69) is 24.0 Å². The van der Waals surface area contributed by atoms with Gasteiger partial charge in [0.15, 0.2) is 11.6 Å². The summed E-state index contributed by atoms with van der Waals surface area (Å²) in [6.07, 6.45) is 4.05. The van der Waals surface area contributed by atoms with Gasteiger partial charge in [-0.3, -0.25) is 14.3 Å². The minimum absolute atomic E-state index is 0.0613. The monoisotopic (exact) mass is 410 g/mol. The Morgan fingerprint density at radius 1 is 1.23 bits per heavy atom. The van der Waals surface area contributed by atoms with Crippen LogP contribution in [0.3, 0.4) is 0 Å². The Hall–Kier alpha value is -3.49. The summed E-state index contributed by atoms with van der Waals surface area (Å²) >= 11 is 0. The van der Waals surface area contributed by atoms with Crippen LogP contribution in [0.4, 0.5) is 0 Å². The number of hydrogen-bond donors (Lipinski definition) is 1. The standard InChI is InChI=1S/C20H24N6O.CH2O2/c1-15(2)18-20-22-19(16-7-4-3-5-8-16)23-26(20)14-13-25(18)17(27)9-12-24-11-6-10-21-24;2-1-3/h3-8,10-11,15,18H,9,12-14H2,1-2H3;1H,(H,2,3)/t18-;/m0./s1. The largest absolute Gasteiger partial charge is 0.483 e. The van der Waals surface area contributed by atoms with Gasteiger partial charge in [0.2, 0.25) is 5.91 Å². The summed E-state index contributed by atoms with van der Waals surface area (Å²) in [4.78, 5) is 28.1. The molecule has 1 aromatic carbocycles. The molecule has 0 aliphatic carbocycles. The Balaban J connectivity index is 0.000000806. The van der Waals surface area contributed by atoms with E-state index in [9.17, 15) is 4.79 Å². The minimum atomic E-state index is -0.250. The topological polar surface area (TPSA) is 106 Å². The average Bonchev–Trinajstić information content (AvgIpc) is 3.42. The number of amides is 1. The number of benzene rings is 1. The van der Waals surface area contributed by atoms with E-state index in [4.69, 9.17) is 14.9 Å². The van der Waals surface area contributed by atoms with Gasteiger partial charge in [-0.25, -0.2) is 9.67 Å². The van der Waals surface area contributed by atoms with Gasteiger partial charge in [-0.15, -0.1) is 0 Å². The van der Waals surface area contributed by atoms with Crippen molar-refractivity contribution < 1.29 is 14.7 Å². The molecule has 2 aromatic heterocycles. The average molecular weight is 410 g/mol.